The third-order valence-electron chi connectivity index (χ3n) is 3.08. The first kappa shape index (κ1) is 9.06. The van der Waals surface area contributed by atoms with Gasteiger partial charge < -0.3 is 5.11 Å². The highest BCUT2D eigenvalue weighted by atomic mass is 16.3. The minimum atomic E-state index is 0.0202. The maximum absolute atomic E-state index is 9.53. The molecule has 1 N–H and O–H groups in total. The average molecular weight is 206 g/mol. The normalized spacial score (nSPS) is 16.3. The van der Waals surface area contributed by atoms with Crippen LogP contribution < -0.4 is 0 Å². The van der Waals surface area contributed by atoms with E-state index in [1.165, 1.54) is 0 Å². The Balaban J connectivity index is 2.36. The van der Waals surface area contributed by atoms with Crippen molar-refractivity contribution in [3.05, 3.63) is 53.6 Å². The fourth-order valence-corrected chi connectivity index (χ4v) is 2.37. The van der Waals surface area contributed by atoms with Crippen LogP contribution in [-0.2, 0) is 0 Å². The van der Waals surface area contributed by atoms with Gasteiger partial charge in [-0.2, -0.15) is 0 Å². The predicted octanol–water partition coefficient (Wildman–Crippen LogP) is 3.14. The van der Waals surface area contributed by atoms with Gasteiger partial charge in [-0.25, -0.2) is 0 Å². The molecule has 76 valence electrons. The number of benzene rings is 2. The lowest BCUT2D eigenvalue weighted by Crippen LogP contribution is -1.91. The molecule has 0 heterocycles. The third kappa shape index (κ3) is 1.07. The standard InChI is InChI=1S/C15H10O/c1-2-11-12-5-3-4-6-13(12)15-9-10(16)7-8-14(11)15/h1,3-9,11,16H. The van der Waals surface area contributed by atoms with Gasteiger partial charge in [0.2, 0.25) is 0 Å². The van der Waals surface area contributed by atoms with Crippen LogP contribution in [0.2, 0.25) is 0 Å². The van der Waals surface area contributed by atoms with Crippen molar-refractivity contribution in [1.29, 1.82) is 0 Å². The summed E-state index contributed by atoms with van der Waals surface area (Å²) in [5.74, 6) is 3.12. The minimum absolute atomic E-state index is 0.0202. The zero-order chi connectivity index (χ0) is 11.1. The van der Waals surface area contributed by atoms with E-state index in [0.717, 1.165) is 22.3 Å². The van der Waals surface area contributed by atoms with Crippen molar-refractivity contribution in [3.63, 3.8) is 0 Å². The van der Waals surface area contributed by atoms with Gasteiger partial charge in [-0.1, -0.05) is 36.3 Å². The quantitative estimate of drug-likeness (QED) is 0.656. The van der Waals surface area contributed by atoms with E-state index in [9.17, 15) is 5.11 Å². The molecule has 0 fully saturated rings. The van der Waals surface area contributed by atoms with Crippen molar-refractivity contribution in [2.45, 2.75) is 5.92 Å². The smallest absolute Gasteiger partial charge is 0.116 e. The summed E-state index contributed by atoms with van der Waals surface area (Å²) in [6.07, 6.45) is 5.59. The van der Waals surface area contributed by atoms with E-state index in [2.05, 4.69) is 12.0 Å². The van der Waals surface area contributed by atoms with Crippen molar-refractivity contribution in [3.8, 4) is 29.2 Å². The summed E-state index contributed by atoms with van der Waals surface area (Å²) >= 11 is 0. The number of fused-ring (bicyclic) bond motifs is 3. The molecule has 1 atom stereocenters. The molecule has 0 radical (unpaired) electrons. The highest BCUT2D eigenvalue weighted by molar-refractivity contribution is 5.81. The fraction of sp³-hybridized carbons (Fsp3) is 0.0667. The Morgan fingerprint density at radius 3 is 2.56 bits per heavy atom. The first-order valence-corrected chi connectivity index (χ1v) is 5.19. The predicted molar refractivity (Wildman–Crippen MR) is 64.2 cm³/mol. The molecule has 0 bridgehead atoms. The molecule has 0 saturated heterocycles. The van der Waals surface area contributed by atoms with Crippen LogP contribution in [0.15, 0.2) is 42.5 Å². The van der Waals surface area contributed by atoms with Gasteiger partial charge in [-0.3, -0.25) is 0 Å². The van der Waals surface area contributed by atoms with Crippen LogP contribution in [0, 0.1) is 12.3 Å². The van der Waals surface area contributed by atoms with Crippen LogP contribution >= 0.6 is 0 Å². The summed E-state index contributed by atoms with van der Waals surface area (Å²) in [7, 11) is 0. The van der Waals surface area contributed by atoms with Crippen LogP contribution in [-0.4, -0.2) is 5.11 Å². The average Bonchev–Trinajstić information content (AvgIpc) is 2.62. The molecule has 0 aromatic heterocycles. The van der Waals surface area contributed by atoms with Crippen molar-refractivity contribution in [1.82, 2.24) is 0 Å². The molecule has 2 aromatic carbocycles. The van der Waals surface area contributed by atoms with Crippen LogP contribution in [0.4, 0.5) is 0 Å². The number of hydrogen-bond acceptors (Lipinski definition) is 1. The van der Waals surface area contributed by atoms with Gasteiger partial charge in [-0.05, 0) is 34.4 Å². The molecule has 3 rings (SSSR count). The Bertz CT molecular complexity index is 605. The number of terminal acetylenes is 1. The zero-order valence-electron chi connectivity index (χ0n) is 8.64. The highest BCUT2D eigenvalue weighted by Crippen LogP contribution is 2.45. The lowest BCUT2D eigenvalue weighted by Gasteiger charge is -2.04. The maximum atomic E-state index is 9.53. The SMILES string of the molecule is C#CC1c2ccccc2-c2cc(O)ccc21. The van der Waals surface area contributed by atoms with Crippen LogP contribution in [0.25, 0.3) is 11.1 Å². The summed E-state index contributed by atoms with van der Waals surface area (Å²) in [4.78, 5) is 0. The Labute approximate surface area is 94.4 Å². The first-order chi connectivity index (χ1) is 7.81. The van der Waals surface area contributed by atoms with E-state index in [1.807, 2.05) is 24.3 Å². The third-order valence-corrected chi connectivity index (χ3v) is 3.08. The van der Waals surface area contributed by atoms with E-state index >= 15 is 0 Å². The van der Waals surface area contributed by atoms with E-state index in [1.54, 1.807) is 12.1 Å². The number of hydrogen-bond donors (Lipinski definition) is 1. The zero-order valence-corrected chi connectivity index (χ0v) is 8.64. The molecule has 0 spiro atoms. The van der Waals surface area contributed by atoms with Crippen molar-refractivity contribution in [2.24, 2.45) is 0 Å². The number of phenolic OH excluding ortho intramolecular Hbond substituents is 1. The van der Waals surface area contributed by atoms with Crippen LogP contribution in [0.1, 0.15) is 17.0 Å². The van der Waals surface area contributed by atoms with Crippen molar-refractivity contribution >= 4 is 0 Å². The van der Waals surface area contributed by atoms with Gasteiger partial charge >= 0.3 is 0 Å². The van der Waals surface area contributed by atoms with E-state index in [-0.39, 0.29) is 11.7 Å². The molecule has 1 nitrogen and oxygen atoms in total. The molecule has 1 heteroatoms. The van der Waals surface area contributed by atoms with E-state index in [0.29, 0.717) is 0 Å². The molecule has 0 aliphatic heterocycles. The molecule has 0 saturated carbocycles. The maximum Gasteiger partial charge on any atom is 0.116 e. The molecule has 1 aliphatic carbocycles. The summed E-state index contributed by atoms with van der Waals surface area (Å²) in [5, 5.41) is 9.53. The van der Waals surface area contributed by atoms with Gasteiger partial charge in [0.05, 0.1) is 5.92 Å². The minimum Gasteiger partial charge on any atom is -0.508 e. The monoisotopic (exact) mass is 206 g/mol. The van der Waals surface area contributed by atoms with Crippen LogP contribution in [0.5, 0.6) is 5.75 Å². The molecule has 1 aliphatic rings. The fourth-order valence-electron chi connectivity index (χ4n) is 2.37. The Morgan fingerprint density at radius 2 is 1.75 bits per heavy atom. The number of aromatic hydroxyl groups is 1. The molecular formula is C15H10O. The summed E-state index contributed by atoms with van der Waals surface area (Å²) in [5.41, 5.74) is 4.46. The topological polar surface area (TPSA) is 20.2 Å². The lowest BCUT2D eigenvalue weighted by molar-refractivity contribution is 0.475. The molecule has 1 unspecified atom stereocenters. The van der Waals surface area contributed by atoms with Gasteiger partial charge in [0.25, 0.3) is 0 Å². The molecular weight excluding hydrogens is 196 g/mol. The first-order valence-electron chi connectivity index (χ1n) is 5.19. The molecule has 2 aromatic rings. The van der Waals surface area contributed by atoms with Gasteiger partial charge in [0.1, 0.15) is 5.75 Å². The number of rotatable bonds is 0. The Hall–Kier alpha value is -2.20. The van der Waals surface area contributed by atoms with Crippen molar-refractivity contribution in [2.75, 3.05) is 0 Å². The Kier molecular flexibility index (Phi) is 1.78. The van der Waals surface area contributed by atoms with Crippen molar-refractivity contribution < 1.29 is 5.11 Å². The lowest BCUT2D eigenvalue weighted by atomic mass is 9.98. The highest BCUT2D eigenvalue weighted by Gasteiger charge is 2.26. The molecule has 16 heavy (non-hydrogen) atoms. The second-order valence-corrected chi connectivity index (χ2v) is 3.96. The largest absolute Gasteiger partial charge is 0.508 e. The van der Waals surface area contributed by atoms with Gasteiger partial charge in [0, 0.05) is 0 Å². The van der Waals surface area contributed by atoms with Gasteiger partial charge in [0.15, 0.2) is 0 Å². The second-order valence-electron chi connectivity index (χ2n) is 3.96. The van der Waals surface area contributed by atoms with E-state index in [4.69, 9.17) is 6.42 Å². The summed E-state index contributed by atoms with van der Waals surface area (Å²) in [6, 6.07) is 13.5. The summed E-state index contributed by atoms with van der Waals surface area (Å²) < 4.78 is 0. The molecule has 0 amide bonds. The summed E-state index contributed by atoms with van der Waals surface area (Å²) in [6.45, 7) is 0. The van der Waals surface area contributed by atoms with E-state index < -0.39 is 0 Å². The van der Waals surface area contributed by atoms with Crippen LogP contribution in [0.3, 0.4) is 0 Å². The van der Waals surface area contributed by atoms with Gasteiger partial charge in [-0.15, -0.1) is 6.42 Å². The Morgan fingerprint density at radius 1 is 1.00 bits per heavy atom. The second kappa shape index (κ2) is 3.15. The number of phenols is 1.